The second kappa shape index (κ2) is 2.79. The van der Waals surface area contributed by atoms with E-state index in [9.17, 15) is 0 Å². The summed E-state index contributed by atoms with van der Waals surface area (Å²) < 4.78 is 11.7. The Morgan fingerprint density at radius 1 is 1.29 bits per heavy atom. The van der Waals surface area contributed by atoms with Gasteiger partial charge in [-0.1, -0.05) is 6.07 Å². The Morgan fingerprint density at radius 3 is 3.06 bits per heavy atom. The first kappa shape index (κ1) is 9.42. The summed E-state index contributed by atoms with van der Waals surface area (Å²) in [5.41, 5.74) is 1.91. The van der Waals surface area contributed by atoms with Gasteiger partial charge in [-0.25, -0.2) is 0 Å². The van der Waals surface area contributed by atoms with E-state index in [1.54, 1.807) is 0 Å². The van der Waals surface area contributed by atoms with Crippen LogP contribution in [0.15, 0.2) is 30.5 Å². The quantitative estimate of drug-likeness (QED) is 0.649. The molecule has 0 spiro atoms. The zero-order chi connectivity index (χ0) is 11.6. The lowest BCUT2D eigenvalue weighted by Gasteiger charge is -2.29. The van der Waals surface area contributed by atoms with Gasteiger partial charge in [0.1, 0.15) is 23.6 Å². The van der Waals surface area contributed by atoms with E-state index in [4.69, 9.17) is 9.47 Å². The van der Waals surface area contributed by atoms with E-state index in [-0.39, 0.29) is 17.8 Å². The van der Waals surface area contributed by atoms with Crippen LogP contribution in [-0.4, -0.2) is 16.7 Å². The summed E-state index contributed by atoms with van der Waals surface area (Å²) in [4.78, 5) is 4.37. The largest absolute Gasteiger partial charge is 0.485 e. The molecule has 0 unspecified atom stereocenters. The summed E-state index contributed by atoms with van der Waals surface area (Å²) in [6.07, 6.45) is 2.20. The zero-order valence-corrected chi connectivity index (χ0v) is 9.81. The average molecular weight is 227 g/mol. The maximum absolute atomic E-state index is 6.03. The zero-order valence-electron chi connectivity index (χ0n) is 9.81. The van der Waals surface area contributed by atoms with E-state index < -0.39 is 0 Å². The lowest BCUT2D eigenvalue weighted by Crippen LogP contribution is -2.37. The van der Waals surface area contributed by atoms with Gasteiger partial charge in [0.15, 0.2) is 0 Å². The van der Waals surface area contributed by atoms with Gasteiger partial charge in [0.25, 0.3) is 0 Å². The molecule has 1 fully saturated rings. The molecule has 4 rings (SSSR count). The number of rotatable bonds is 0. The smallest absolute Gasteiger partial charge is 0.132 e. The Morgan fingerprint density at radius 2 is 2.18 bits per heavy atom. The molecule has 17 heavy (non-hydrogen) atoms. The first-order chi connectivity index (χ1) is 8.15. The van der Waals surface area contributed by atoms with Gasteiger partial charge in [0, 0.05) is 17.1 Å². The molecule has 3 heterocycles. The monoisotopic (exact) mass is 227 g/mol. The van der Waals surface area contributed by atoms with Gasteiger partial charge in [-0.15, -0.1) is 0 Å². The van der Waals surface area contributed by atoms with E-state index in [1.165, 1.54) is 0 Å². The van der Waals surface area contributed by atoms with Crippen LogP contribution in [0.5, 0.6) is 5.75 Å². The lowest BCUT2D eigenvalue weighted by atomic mass is 9.93. The first-order valence-corrected chi connectivity index (χ1v) is 5.88. The molecule has 3 heteroatoms. The molecule has 1 aromatic heterocycles. The third kappa shape index (κ3) is 1.23. The number of pyridine rings is 1. The van der Waals surface area contributed by atoms with Gasteiger partial charge in [0.2, 0.25) is 0 Å². The van der Waals surface area contributed by atoms with Gasteiger partial charge >= 0.3 is 0 Å². The molecule has 1 saturated heterocycles. The lowest BCUT2D eigenvalue weighted by molar-refractivity contribution is 0.0727. The van der Waals surface area contributed by atoms with Crippen LogP contribution in [0.2, 0.25) is 0 Å². The Kier molecular flexibility index (Phi) is 1.55. The summed E-state index contributed by atoms with van der Waals surface area (Å²) in [5, 5.41) is 1.11. The van der Waals surface area contributed by atoms with Gasteiger partial charge in [0.05, 0.1) is 5.52 Å². The van der Waals surface area contributed by atoms with Crippen molar-refractivity contribution in [1.29, 1.82) is 0 Å². The highest BCUT2D eigenvalue weighted by molar-refractivity contribution is 5.81. The van der Waals surface area contributed by atoms with Crippen molar-refractivity contribution >= 4 is 10.9 Å². The van der Waals surface area contributed by atoms with E-state index in [0.717, 1.165) is 22.2 Å². The van der Waals surface area contributed by atoms with Crippen molar-refractivity contribution in [3.8, 4) is 5.75 Å². The number of epoxide rings is 1. The molecule has 0 aliphatic carbocycles. The minimum atomic E-state index is -0.229. The fourth-order valence-electron chi connectivity index (χ4n) is 2.65. The minimum Gasteiger partial charge on any atom is -0.485 e. The standard InChI is InChI=1S/C14H13NO2/c1-14(2)13-12(16-13)9-7-10-8(4-3-5-15-10)6-11(9)17-14/h3-7,12-13H,1-2H3/t12-,13+/m0/s1. The van der Waals surface area contributed by atoms with Gasteiger partial charge in [-0.05, 0) is 32.0 Å². The fraction of sp³-hybridized carbons (Fsp3) is 0.357. The SMILES string of the molecule is CC1(C)Oc2cc3cccnc3cc2[C@@H]2O[C@H]21. The molecule has 0 radical (unpaired) electrons. The second-order valence-electron chi connectivity index (χ2n) is 5.27. The summed E-state index contributed by atoms with van der Waals surface area (Å²) in [6.45, 7) is 4.15. The highest BCUT2D eigenvalue weighted by atomic mass is 16.6. The first-order valence-electron chi connectivity index (χ1n) is 5.88. The summed E-state index contributed by atoms with van der Waals surface area (Å²) in [7, 11) is 0. The maximum Gasteiger partial charge on any atom is 0.132 e. The van der Waals surface area contributed by atoms with Crippen LogP contribution in [0.1, 0.15) is 25.5 Å². The number of ether oxygens (including phenoxy) is 2. The Balaban J connectivity index is 1.96. The number of nitrogens with zero attached hydrogens (tertiary/aromatic N) is 1. The van der Waals surface area contributed by atoms with Crippen molar-refractivity contribution in [2.24, 2.45) is 0 Å². The molecule has 0 amide bonds. The van der Waals surface area contributed by atoms with Crippen LogP contribution in [0.25, 0.3) is 10.9 Å². The molecule has 86 valence electrons. The molecule has 0 N–H and O–H groups in total. The van der Waals surface area contributed by atoms with Crippen LogP contribution in [-0.2, 0) is 4.74 Å². The van der Waals surface area contributed by atoms with Crippen molar-refractivity contribution < 1.29 is 9.47 Å². The maximum atomic E-state index is 6.03. The third-order valence-corrected chi connectivity index (χ3v) is 3.59. The Bertz CT molecular complexity index is 621. The van der Waals surface area contributed by atoms with Crippen LogP contribution >= 0.6 is 0 Å². The van der Waals surface area contributed by atoms with Crippen molar-refractivity contribution in [1.82, 2.24) is 4.98 Å². The molecule has 2 aliphatic heterocycles. The van der Waals surface area contributed by atoms with E-state index in [0.29, 0.717) is 0 Å². The highest BCUT2D eigenvalue weighted by Gasteiger charge is 2.56. The average Bonchev–Trinajstić information content (AvgIpc) is 3.07. The van der Waals surface area contributed by atoms with E-state index in [1.807, 2.05) is 12.3 Å². The number of benzene rings is 1. The molecule has 3 nitrogen and oxygen atoms in total. The molecule has 2 aliphatic rings. The number of fused-ring (bicyclic) bond motifs is 4. The van der Waals surface area contributed by atoms with Crippen LogP contribution < -0.4 is 4.74 Å². The van der Waals surface area contributed by atoms with E-state index in [2.05, 4.69) is 37.0 Å². The van der Waals surface area contributed by atoms with E-state index >= 15 is 0 Å². The molecule has 1 aromatic carbocycles. The topological polar surface area (TPSA) is 34.6 Å². The van der Waals surface area contributed by atoms with Gasteiger partial charge in [-0.3, -0.25) is 4.98 Å². The predicted molar refractivity (Wildman–Crippen MR) is 64.1 cm³/mol. The molecular weight excluding hydrogens is 214 g/mol. The number of hydrogen-bond acceptors (Lipinski definition) is 3. The number of hydrogen-bond donors (Lipinski definition) is 0. The molecule has 2 aromatic rings. The van der Waals surface area contributed by atoms with Crippen LogP contribution in [0.3, 0.4) is 0 Å². The Labute approximate surface area is 99.4 Å². The molecule has 2 atom stereocenters. The molecule has 0 saturated carbocycles. The fourth-order valence-corrected chi connectivity index (χ4v) is 2.65. The summed E-state index contributed by atoms with van der Waals surface area (Å²) >= 11 is 0. The minimum absolute atomic E-state index is 0.191. The van der Waals surface area contributed by atoms with Crippen molar-refractivity contribution in [3.05, 3.63) is 36.0 Å². The van der Waals surface area contributed by atoms with Crippen molar-refractivity contribution in [3.63, 3.8) is 0 Å². The van der Waals surface area contributed by atoms with Crippen molar-refractivity contribution in [2.75, 3.05) is 0 Å². The van der Waals surface area contributed by atoms with Crippen LogP contribution in [0, 0.1) is 0 Å². The predicted octanol–water partition coefficient (Wildman–Crippen LogP) is 2.85. The van der Waals surface area contributed by atoms with Crippen LogP contribution in [0.4, 0.5) is 0 Å². The van der Waals surface area contributed by atoms with Crippen molar-refractivity contribution in [2.45, 2.75) is 31.7 Å². The normalized spacial score (nSPS) is 28.1. The summed E-state index contributed by atoms with van der Waals surface area (Å²) in [5.74, 6) is 0.939. The molecule has 0 bridgehead atoms. The third-order valence-electron chi connectivity index (χ3n) is 3.59. The Hall–Kier alpha value is -1.61. The second-order valence-corrected chi connectivity index (χ2v) is 5.27. The van der Waals surface area contributed by atoms with Gasteiger partial charge < -0.3 is 9.47 Å². The summed E-state index contributed by atoms with van der Waals surface area (Å²) in [6, 6.07) is 8.15. The highest BCUT2D eigenvalue weighted by Crippen LogP contribution is 2.54. The molecular formula is C14H13NO2. The van der Waals surface area contributed by atoms with Gasteiger partial charge in [-0.2, -0.15) is 0 Å². The number of aromatic nitrogens is 1.